The summed E-state index contributed by atoms with van der Waals surface area (Å²) in [5.41, 5.74) is 1.89. The number of aryl methyl sites for hydroxylation is 1. The summed E-state index contributed by atoms with van der Waals surface area (Å²) in [5.74, 6) is -4.84. The number of aromatic nitrogens is 5. The van der Waals surface area contributed by atoms with E-state index in [1.54, 1.807) is 16.9 Å². The van der Waals surface area contributed by atoms with Crippen molar-refractivity contribution in [3.8, 4) is 5.88 Å². The predicted octanol–water partition coefficient (Wildman–Crippen LogP) is 1.51. The minimum absolute atomic E-state index is 0.0111. The van der Waals surface area contributed by atoms with Gasteiger partial charge >= 0.3 is 12.3 Å². The van der Waals surface area contributed by atoms with Gasteiger partial charge in [-0.3, -0.25) is 14.5 Å². The van der Waals surface area contributed by atoms with E-state index in [0.29, 0.717) is 27.9 Å². The number of halogens is 4. The van der Waals surface area contributed by atoms with Crippen LogP contribution in [0.3, 0.4) is 0 Å². The number of nitrogens with zero attached hydrogens (tertiary/aromatic N) is 5. The molecule has 0 spiro atoms. The zero-order chi connectivity index (χ0) is 23.3. The van der Waals surface area contributed by atoms with Gasteiger partial charge in [-0.05, 0) is 19.1 Å². The molecule has 0 aromatic carbocycles. The van der Waals surface area contributed by atoms with Crippen molar-refractivity contribution in [2.75, 3.05) is 19.8 Å². The molecule has 0 atom stereocenters. The highest BCUT2D eigenvalue weighted by Crippen LogP contribution is 2.25. The van der Waals surface area contributed by atoms with Gasteiger partial charge in [0.05, 0.1) is 36.5 Å². The largest absolute Gasteiger partial charge is 0.470 e. The fourth-order valence-corrected chi connectivity index (χ4v) is 2.82. The summed E-state index contributed by atoms with van der Waals surface area (Å²) < 4.78 is 56.8. The Morgan fingerprint density at radius 1 is 1.34 bits per heavy atom. The first kappa shape index (κ1) is 23.3. The average molecular weight is 456 g/mol. The Morgan fingerprint density at radius 3 is 2.81 bits per heavy atom. The normalized spacial score (nSPS) is 11.8. The lowest BCUT2D eigenvalue weighted by Gasteiger charge is -2.16. The number of amides is 1. The zero-order valence-corrected chi connectivity index (χ0v) is 16.9. The van der Waals surface area contributed by atoms with Gasteiger partial charge in [-0.2, -0.15) is 13.9 Å². The standard InChI is InChI=1S/C19H20F4N6O3/c1-11-6-12(26-27-17(11)32-10-19(22,23)18(20)21)8-29-9-13-14(28-29)2-3-24-15(13)7-16(31)25-4-5-30/h2-3,6,9,18,30H,4-5,7-8,10H2,1H3,(H,25,31). The van der Waals surface area contributed by atoms with Gasteiger partial charge in [-0.1, -0.05) is 0 Å². The van der Waals surface area contributed by atoms with Gasteiger partial charge in [0, 0.05) is 29.9 Å². The molecule has 0 bridgehead atoms. The second-order valence-corrected chi connectivity index (χ2v) is 6.94. The first-order chi connectivity index (χ1) is 15.2. The molecule has 2 N–H and O–H groups in total. The quantitative estimate of drug-likeness (QED) is 0.445. The van der Waals surface area contributed by atoms with Gasteiger partial charge < -0.3 is 15.2 Å². The number of carbonyl (C=O) groups excluding carboxylic acids is 1. The maximum absolute atomic E-state index is 13.0. The fraction of sp³-hybridized carbons (Fsp3) is 0.421. The number of nitrogens with one attached hydrogen (secondary N) is 1. The summed E-state index contributed by atoms with van der Waals surface area (Å²) in [7, 11) is 0. The minimum atomic E-state index is -4.29. The van der Waals surface area contributed by atoms with E-state index >= 15 is 0 Å². The molecule has 9 nitrogen and oxygen atoms in total. The number of ether oxygens (including phenoxy) is 1. The molecule has 3 aromatic heterocycles. The summed E-state index contributed by atoms with van der Waals surface area (Å²) >= 11 is 0. The van der Waals surface area contributed by atoms with Crippen molar-refractivity contribution < 1.29 is 32.2 Å². The number of aliphatic hydroxyl groups is 1. The highest BCUT2D eigenvalue weighted by molar-refractivity contribution is 5.86. The molecule has 0 unspecified atom stereocenters. The van der Waals surface area contributed by atoms with Crippen molar-refractivity contribution in [3.63, 3.8) is 0 Å². The van der Waals surface area contributed by atoms with E-state index in [2.05, 4.69) is 25.6 Å². The van der Waals surface area contributed by atoms with Crippen LogP contribution in [-0.2, 0) is 17.8 Å². The smallest absolute Gasteiger partial charge is 0.340 e. The molecule has 0 saturated carbocycles. The summed E-state index contributed by atoms with van der Waals surface area (Å²) in [5, 5.41) is 24.0. The predicted molar refractivity (Wildman–Crippen MR) is 104 cm³/mol. The number of rotatable bonds is 10. The molecule has 0 radical (unpaired) electrons. The maximum Gasteiger partial charge on any atom is 0.340 e. The number of carbonyl (C=O) groups is 1. The van der Waals surface area contributed by atoms with Gasteiger partial charge in [-0.25, -0.2) is 8.78 Å². The van der Waals surface area contributed by atoms with Crippen molar-refractivity contribution in [1.29, 1.82) is 0 Å². The van der Waals surface area contributed by atoms with Crippen LogP contribution in [0.4, 0.5) is 17.6 Å². The fourth-order valence-electron chi connectivity index (χ4n) is 2.82. The first-order valence-electron chi connectivity index (χ1n) is 9.50. The molecule has 3 heterocycles. The lowest BCUT2D eigenvalue weighted by molar-refractivity contribution is -0.148. The molecule has 1 amide bonds. The molecular weight excluding hydrogens is 436 g/mol. The van der Waals surface area contributed by atoms with E-state index in [-0.39, 0.29) is 37.9 Å². The van der Waals surface area contributed by atoms with Crippen LogP contribution in [0.2, 0.25) is 0 Å². The van der Waals surface area contributed by atoms with E-state index in [9.17, 15) is 22.4 Å². The molecule has 0 aliphatic rings. The van der Waals surface area contributed by atoms with Crippen LogP contribution in [-0.4, -0.2) is 68.1 Å². The number of hydrogen-bond donors (Lipinski definition) is 2. The second kappa shape index (κ2) is 9.85. The number of alkyl halides is 4. The maximum atomic E-state index is 13.0. The van der Waals surface area contributed by atoms with E-state index in [4.69, 9.17) is 9.84 Å². The lowest BCUT2D eigenvalue weighted by atomic mass is 10.2. The van der Waals surface area contributed by atoms with Gasteiger partial charge in [0.25, 0.3) is 0 Å². The van der Waals surface area contributed by atoms with Crippen LogP contribution in [0.1, 0.15) is 17.0 Å². The Hall–Kier alpha value is -3.35. The average Bonchev–Trinajstić information content (AvgIpc) is 3.15. The van der Waals surface area contributed by atoms with E-state index in [0.717, 1.165) is 0 Å². The third kappa shape index (κ3) is 5.66. The highest BCUT2D eigenvalue weighted by Gasteiger charge is 2.42. The number of hydrogen-bond acceptors (Lipinski definition) is 7. The van der Waals surface area contributed by atoms with Crippen molar-refractivity contribution in [2.24, 2.45) is 0 Å². The number of aliphatic hydroxyl groups excluding tert-OH is 1. The molecule has 13 heteroatoms. The topological polar surface area (TPSA) is 115 Å². The van der Waals surface area contributed by atoms with Crippen LogP contribution in [0.5, 0.6) is 5.88 Å². The molecule has 0 aliphatic heterocycles. The van der Waals surface area contributed by atoms with Gasteiger partial charge in [0.2, 0.25) is 11.8 Å². The van der Waals surface area contributed by atoms with Gasteiger partial charge in [0.15, 0.2) is 6.61 Å². The van der Waals surface area contributed by atoms with E-state index in [1.165, 1.54) is 19.2 Å². The van der Waals surface area contributed by atoms with Crippen LogP contribution in [0, 0.1) is 6.92 Å². The third-order valence-electron chi connectivity index (χ3n) is 4.36. The van der Waals surface area contributed by atoms with Crippen molar-refractivity contribution in [3.05, 3.63) is 41.5 Å². The molecule has 0 saturated heterocycles. The van der Waals surface area contributed by atoms with E-state index < -0.39 is 19.0 Å². The molecule has 3 rings (SSSR count). The van der Waals surface area contributed by atoms with Crippen LogP contribution in [0.25, 0.3) is 10.9 Å². The Balaban J connectivity index is 1.72. The van der Waals surface area contributed by atoms with Crippen LogP contribution >= 0.6 is 0 Å². The summed E-state index contributed by atoms with van der Waals surface area (Å²) in [6.45, 7) is 0.171. The van der Waals surface area contributed by atoms with Crippen molar-refractivity contribution in [2.45, 2.75) is 32.2 Å². The molecule has 0 fully saturated rings. The highest BCUT2D eigenvalue weighted by atomic mass is 19.3. The molecule has 3 aromatic rings. The third-order valence-corrected chi connectivity index (χ3v) is 4.36. The minimum Gasteiger partial charge on any atom is -0.470 e. The molecular formula is C19H20F4N6O3. The van der Waals surface area contributed by atoms with Gasteiger partial charge in [-0.15, -0.1) is 10.2 Å². The van der Waals surface area contributed by atoms with Crippen LogP contribution in [0.15, 0.2) is 24.5 Å². The Kier molecular flexibility index (Phi) is 7.18. The molecule has 172 valence electrons. The number of fused-ring (bicyclic) bond motifs is 1. The molecule has 32 heavy (non-hydrogen) atoms. The Labute approximate surface area is 179 Å². The number of pyridine rings is 1. The lowest BCUT2D eigenvalue weighted by Crippen LogP contribution is -2.34. The zero-order valence-electron chi connectivity index (χ0n) is 16.9. The Bertz CT molecular complexity index is 1090. The monoisotopic (exact) mass is 456 g/mol. The molecule has 0 aliphatic carbocycles. The second-order valence-electron chi connectivity index (χ2n) is 6.94. The van der Waals surface area contributed by atoms with Crippen molar-refractivity contribution in [1.82, 2.24) is 30.3 Å². The van der Waals surface area contributed by atoms with E-state index in [1.807, 2.05) is 0 Å². The Morgan fingerprint density at radius 2 is 2.12 bits per heavy atom. The van der Waals surface area contributed by atoms with Crippen molar-refractivity contribution >= 4 is 16.8 Å². The summed E-state index contributed by atoms with van der Waals surface area (Å²) in [6.07, 6.45) is -0.623. The SMILES string of the molecule is Cc1cc(Cn2cc3c(CC(=O)NCCO)nccc3n2)nnc1OCC(F)(F)C(F)F. The summed E-state index contributed by atoms with van der Waals surface area (Å²) in [4.78, 5) is 16.1. The van der Waals surface area contributed by atoms with Crippen LogP contribution < -0.4 is 10.1 Å². The first-order valence-corrected chi connectivity index (χ1v) is 9.50. The summed E-state index contributed by atoms with van der Waals surface area (Å²) in [6, 6.07) is 3.20. The van der Waals surface area contributed by atoms with Gasteiger partial charge in [0.1, 0.15) is 0 Å².